The number of hydrogen-bond donors (Lipinski definition) is 2. The maximum Gasteiger partial charge on any atom is 0.371 e. The molecule has 0 aliphatic carbocycles. The molecule has 0 aliphatic rings. The molecule has 0 aliphatic heterocycles. The van der Waals surface area contributed by atoms with E-state index < -0.39 is 11.9 Å². The zero-order valence-electron chi connectivity index (χ0n) is 12.8. The smallest absolute Gasteiger partial charge is 0.371 e. The molecule has 0 radical (unpaired) electrons. The Morgan fingerprint density at radius 3 is 2.14 bits per heavy atom. The number of aromatic carboxylic acids is 1. The number of hydrogen-bond acceptors (Lipinski definition) is 3. The van der Waals surface area contributed by atoms with Crippen molar-refractivity contribution in [3.05, 3.63) is 59.0 Å². The zero-order chi connectivity index (χ0) is 16.3. The van der Waals surface area contributed by atoms with Crippen molar-refractivity contribution < 1.29 is 19.1 Å². The highest BCUT2D eigenvalue weighted by atomic mass is 16.4. The predicted octanol–water partition coefficient (Wildman–Crippen LogP) is 3.21. The van der Waals surface area contributed by atoms with E-state index in [1.165, 1.54) is 17.7 Å². The number of carboxylic acids is 1. The number of furan rings is 1. The van der Waals surface area contributed by atoms with Crippen molar-refractivity contribution in [3.8, 4) is 0 Å². The molecule has 2 aromatic rings. The summed E-state index contributed by atoms with van der Waals surface area (Å²) in [5.74, 6) is -1.90. The van der Waals surface area contributed by atoms with Gasteiger partial charge < -0.3 is 14.8 Å². The quantitative estimate of drug-likeness (QED) is 0.908. The van der Waals surface area contributed by atoms with Crippen LogP contribution in [0.2, 0.25) is 0 Å². The van der Waals surface area contributed by atoms with Gasteiger partial charge in [0.05, 0.1) is 0 Å². The number of amides is 1. The van der Waals surface area contributed by atoms with Gasteiger partial charge in [0.25, 0.3) is 5.91 Å². The molecule has 5 heteroatoms. The third-order valence-electron chi connectivity index (χ3n) is 3.31. The van der Waals surface area contributed by atoms with Gasteiger partial charge >= 0.3 is 5.97 Å². The third kappa shape index (κ3) is 3.75. The lowest BCUT2D eigenvalue weighted by molar-refractivity contribution is 0.0659. The molecule has 1 heterocycles. The number of carboxylic acid groups (broad SMARTS) is 1. The average molecular weight is 301 g/mol. The fraction of sp³-hybridized carbons (Fsp3) is 0.294. The minimum Gasteiger partial charge on any atom is -0.475 e. The summed E-state index contributed by atoms with van der Waals surface area (Å²) in [6.45, 7) is 6.77. The summed E-state index contributed by atoms with van der Waals surface area (Å²) in [7, 11) is 0. The fourth-order valence-corrected chi connectivity index (χ4v) is 1.97. The van der Waals surface area contributed by atoms with Crippen molar-refractivity contribution in [2.75, 3.05) is 0 Å². The van der Waals surface area contributed by atoms with Crippen molar-refractivity contribution in [2.24, 2.45) is 0 Å². The maximum atomic E-state index is 11.9. The van der Waals surface area contributed by atoms with Crippen molar-refractivity contribution in [2.45, 2.75) is 32.7 Å². The first-order valence-electron chi connectivity index (χ1n) is 6.98. The number of carbonyl (C=O) groups excluding carboxylic acids is 1. The number of benzene rings is 1. The molecule has 0 saturated heterocycles. The van der Waals surface area contributed by atoms with Crippen molar-refractivity contribution >= 4 is 11.9 Å². The van der Waals surface area contributed by atoms with E-state index in [1.54, 1.807) is 0 Å². The summed E-state index contributed by atoms with van der Waals surface area (Å²) >= 11 is 0. The first-order valence-corrected chi connectivity index (χ1v) is 6.98. The lowest BCUT2D eigenvalue weighted by atomic mass is 9.87. The van der Waals surface area contributed by atoms with Crippen LogP contribution in [0.4, 0.5) is 0 Å². The van der Waals surface area contributed by atoms with E-state index in [4.69, 9.17) is 9.52 Å². The molecule has 0 saturated carbocycles. The monoisotopic (exact) mass is 301 g/mol. The molecule has 0 unspecified atom stereocenters. The highest BCUT2D eigenvalue weighted by Gasteiger charge is 2.15. The normalized spacial score (nSPS) is 11.2. The summed E-state index contributed by atoms with van der Waals surface area (Å²) < 4.78 is 4.95. The van der Waals surface area contributed by atoms with E-state index in [-0.39, 0.29) is 16.9 Å². The zero-order valence-corrected chi connectivity index (χ0v) is 12.8. The van der Waals surface area contributed by atoms with Crippen LogP contribution in [-0.4, -0.2) is 17.0 Å². The van der Waals surface area contributed by atoms with Gasteiger partial charge in [0.2, 0.25) is 5.76 Å². The second-order valence-corrected chi connectivity index (χ2v) is 6.10. The van der Waals surface area contributed by atoms with Crippen LogP contribution in [0.5, 0.6) is 0 Å². The number of rotatable bonds is 4. The molecule has 22 heavy (non-hydrogen) atoms. The van der Waals surface area contributed by atoms with Crippen LogP contribution in [-0.2, 0) is 12.0 Å². The standard InChI is InChI=1S/C17H19NO4/c1-17(2,3)12-6-4-11(5-7-12)10-18-15(19)13-8-9-14(22-13)16(20)21/h4-9H,10H2,1-3H3,(H,18,19)(H,20,21). The molecule has 0 bridgehead atoms. The van der Waals surface area contributed by atoms with Gasteiger partial charge in [-0.25, -0.2) is 4.79 Å². The maximum absolute atomic E-state index is 11.9. The fourth-order valence-electron chi connectivity index (χ4n) is 1.97. The Kier molecular flexibility index (Phi) is 4.35. The van der Waals surface area contributed by atoms with Gasteiger partial charge in [0.15, 0.2) is 5.76 Å². The van der Waals surface area contributed by atoms with E-state index in [9.17, 15) is 9.59 Å². The van der Waals surface area contributed by atoms with Crippen LogP contribution in [0.15, 0.2) is 40.8 Å². The van der Waals surface area contributed by atoms with E-state index >= 15 is 0 Å². The van der Waals surface area contributed by atoms with Gasteiger partial charge in [-0.3, -0.25) is 4.79 Å². The number of nitrogens with one attached hydrogen (secondary N) is 1. The molecule has 1 amide bonds. The van der Waals surface area contributed by atoms with E-state index in [0.29, 0.717) is 6.54 Å². The SMILES string of the molecule is CC(C)(C)c1ccc(CNC(=O)c2ccc(C(=O)O)o2)cc1. The molecule has 2 N–H and O–H groups in total. The third-order valence-corrected chi connectivity index (χ3v) is 3.31. The van der Waals surface area contributed by atoms with E-state index in [2.05, 4.69) is 26.1 Å². The Morgan fingerprint density at radius 1 is 1.05 bits per heavy atom. The molecular weight excluding hydrogens is 282 g/mol. The van der Waals surface area contributed by atoms with Gasteiger partial charge in [-0.05, 0) is 28.7 Å². The van der Waals surface area contributed by atoms with Gasteiger partial charge in [-0.1, -0.05) is 45.0 Å². The van der Waals surface area contributed by atoms with Crippen LogP contribution >= 0.6 is 0 Å². The molecule has 0 spiro atoms. The van der Waals surface area contributed by atoms with Gasteiger partial charge in [-0.15, -0.1) is 0 Å². The van der Waals surface area contributed by atoms with Crippen LogP contribution < -0.4 is 5.32 Å². The molecule has 0 atom stereocenters. The Bertz CT molecular complexity index is 677. The van der Waals surface area contributed by atoms with Gasteiger partial charge in [0.1, 0.15) is 0 Å². The minimum absolute atomic E-state index is 0.0105. The summed E-state index contributed by atoms with van der Waals surface area (Å²) in [5, 5.41) is 11.5. The van der Waals surface area contributed by atoms with Crippen LogP contribution in [0.1, 0.15) is 53.0 Å². The lowest BCUT2D eigenvalue weighted by Gasteiger charge is -2.19. The van der Waals surface area contributed by atoms with Crippen LogP contribution in [0, 0.1) is 0 Å². The molecule has 1 aromatic carbocycles. The molecule has 0 fully saturated rings. The average Bonchev–Trinajstić information content (AvgIpc) is 2.94. The second kappa shape index (κ2) is 6.05. The summed E-state index contributed by atoms with van der Waals surface area (Å²) in [4.78, 5) is 22.6. The van der Waals surface area contributed by atoms with Gasteiger partial charge in [0, 0.05) is 6.54 Å². The lowest BCUT2D eigenvalue weighted by Crippen LogP contribution is -2.22. The first-order chi connectivity index (χ1) is 10.3. The summed E-state index contributed by atoms with van der Waals surface area (Å²) in [6.07, 6.45) is 0. The molecule has 5 nitrogen and oxygen atoms in total. The Hall–Kier alpha value is -2.56. The predicted molar refractivity (Wildman–Crippen MR) is 82.0 cm³/mol. The van der Waals surface area contributed by atoms with Crippen LogP contribution in [0.25, 0.3) is 0 Å². The second-order valence-electron chi connectivity index (χ2n) is 6.10. The topological polar surface area (TPSA) is 79.5 Å². The number of carbonyl (C=O) groups is 2. The van der Waals surface area contributed by atoms with Crippen molar-refractivity contribution in [1.29, 1.82) is 0 Å². The van der Waals surface area contributed by atoms with E-state index in [0.717, 1.165) is 5.56 Å². The molecule has 116 valence electrons. The van der Waals surface area contributed by atoms with Crippen molar-refractivity contribution in [1.82, 2.24) is 5.32 Å². The Morgan fingerprint density at radius 2 is 1.64 bits per heavy atom. The highest BCUT2D eigenvalue weighted by Crippen LogP contribution is 2.22. The van der Waals surface area contributed by atoms with Crippen molar-refractivity contribution in [3.63, 3.8) is 0 Å². The summed E-state index contributed by atoms with van der Waals surface area (Å²) in [5.41, 5.74) is 2.27. The van der Waals surface area contributed by atoms with E-state index in [1.807, 2.05) is 24.3 Å². The van der Waals surface area contributed by atoms with Crippen LogP contribution in [0.3, 0.4) is 0 Å². The Balaban J connectivity index is 1.97. The molecule has 2 rings (SSSR count). The Labute approximate surface area is 129 Å². The highest BCUT2D eigenvalue weighted by molar-refractivity contribution is 5.93. The first kappa shape index (κ1) is 15.8. The minimum atomic E-state index is -1.20. The largest absolute Gasteiger partial charge is 0.475 e. The molecule has 1 aromatic heterocycles. The van der Waals surface area contributed by atoms with Gasteiger partial charge in [-0.2, -0.15) is 0 Å². The molecular formula is C17H19NO4. The summed E-state index contributed by atoms with van der Waals surface area (Å²) in [6, 6.07) is 10.6.